The summed E-state index contributed by atoms with van der Waals surface area (Å²) in [5.41, 5.74) is 4.70. The van der Waals surface area contributed by atoms with Crippen molar-refractivity contribution in [1.82, 2.24) is 9.97 Å². The summed E-state index contributed by atoms with van der Waals surface area (Å²) >= 11 is 1.40. The van der Waals surface area contributed by atoms with Gasteiger partial charge in [0, 0.05) is 28.6 Å². The minimum Gasteiger partial charge on any atom is -0.302 e. The van der Waals surface area contributed by atoms with Gasteiger partial charge >= 0.3 is 0 Å². The number of nitrogens with one attached hydrogen (secondary N) is 1. The molecule has 1 amide bonds. The SMILES string of the molecule is Cc1nc2ccccc2c(C)c1CC(=O)Nc1ncc(Cc2cccc(F)c2)s1. The quantitative estimate of drug-likeness (QED) is 0.495. The van der Waals surface area contributed by atoms with Gasteiger partial charge in [0.25, 0.3) is 0 Å². The molecule has 2 heterocycles. The van der Waals surface area contributed by atoms with Crippen molar-refractivity contribution >= 4 is 33.3 Å². The van der Waals surface area contributed by atoms with Gasteiger partial charge in [-0.3, -0.25) is 9.78 Å². The summed E-state index contributed by atoms with van der Waals surface area (Å²) in [6.07, 6.45) is 2.55. The molecule has 4 nitrogen and oxygen atoms in total. The molecule has 0 aliphatic rings. The highest BCUT2D eigenvalue weighted by molar-refractivity contribution is 7.15. The monoisotopic (exact) mass is 405 g/mol. The predicted molar refractivity (Wildman–Crippen MR) is 115 cm³/mol. The smallest absolute Gasteiger partial charge is 0.230 e. The van der Waals surface area contributed by atoms with Gasteiger partial charge in [0.1, 0.15) is 5.82 Å². The molecular weight excluding hydrogens is 385 g/mol. The van der Waals surface area contributed by atoms with Crippen LogP contribution < -0.4 is 5.32 Å². The number of rotatable bonds is 5. The topological polar surface area (TPSA) is 54.9 Å². The third kappa shape index (κ3) is 4.32. The second kappa shape index (κ2) is 8.09. The minimum absolute atomic E-state index is 0.125. The van der Waals surface area contributed by atoms with Crippen molar-refractivity contribution in [2.45, 2.75) is 26.7 Å². The van der Waals surface area contributed by atoms with Crippen LogP contribution >= 0.6 is 11.3 Å². The molecule has 6 heteroatoms. The summed E-state index contributed by atoms with van der Waals surface area (Å²) in [6.45, 7) is 3.96. The normalized spacial score (nSPS) is 11.0. The lowest BCUT2D eigenvalue weighted by Gasteiger charge is -2.12. The standard InChI is InChI=1S/C23H20FN3OS/c1-14-19-8-3-4-9-21(19)26-15(2)20(14)12-22(28)27-23-25-13-18(29-23)11-16-6-5-7-17(24)10-16/h3-10,13H,11-12H2,1-2H3,(H,25,27,28). The van der Waals surface area contributed by atoms with E-state index in [1.807, 2.05) is 44.2 Å². The van der Waals surface area contributed by atoms with Crippen LogP contribution in [0.15, 0.2) is 54.7 Å². The number of fused-ring (bicyclic) bond motifs is 1. The number of hydrogen-bond acceptors (Lipinski definition) is 4. The first-order chi connectivity index (χ1) is 14.0. The molecule has 0 aliphatic heterocycles. The molecule has 1 N–H and O–H groups in total. The number of amides is 1. The average Bonchev–Trinajstić information content (AvgIpc) is 3.12. The van der Waals surface area contributed by atoms with E-state index in [1.165, 1.54) is 23.5 Å². The van der Waals surface area contributed by atoms with Crippen LogP contribution in [0.4, 0.5) is 9.52 Å². The maximum atomic E-state index is 13.3. The first-order valence-electron chi connectivity index (χ1n) is 9.33. The molecule has 0 unspecified atom stereocenters. The maximum Gasteiger partial charge on any atom is 0.230 e. The number of carbonyl (C=O) groups excluding carboxylic acids is 1. The van der Waals surface area contributed by atoms with Crippen molar-refractivity contribution in [3.05, 3.63) is 87.8 Å². The van der Waals surface area contributed by atoms with Crippen molar-refractivity contribution in [2.75, 3.05) is 5.32 Å². The number of anilines is 1. The van der Waals surface area contributed by atoms with E-state index in [2.05, 4.69) is 15.3 Å². The molecule has 146 valence electrons. The largest absolute Gasteiger partial charge is 0.302 e. The van der Waals surface area contributed by atoms with Crippen molar-refractivity contribution in [3.63, 3.8) is 0 Å². The van der Waals surface area contributed by atoms with Gasteiger partial charge in [-0.15, -0.1) is 11.3 Å². The van der Waals surface area contributed by atoms with E-state index in [-0.39, 0.29) is 18.1 Å². The summed E-state index contributed by atoms with van der Waals surface area (Å²) in [6, 6.07) is 14.4. The van der Waals surface area contributed by atoms with Crippen molar-refractivity contribution in [3.8, 4) is 0 Å². The zero-order valence-electron chi connectivity index (χ0n) is 16.2. The molecule has 2 aromatic heterocycles. The Hall–Kier alpha value is -3.12. The number of para-hydroxylation sites is 1. The summed E-state index contributed by atoms with van der Waals surface area (Å²) in [5.74, 6) is -0.379. The fraction of sp³-hybridized carbons (Fsp3) is 0.174. The molecule has 4 aromatic rings. The average molecular weight is 405 g/mol. The molecular formula is C23H20FN3OS. The predicted octanol–water partition coefficient (Wildman–Crippen LogP) is 5.22. The molecule has 0 atom stereocenters. The molecule has 2 aromatic carbocycles. The van der Waals surface area contributed by atoms with Crippen molar-refractivity contribution < 1.29 is 9.18 Å². The number of thiazole rings is 1. The highest BCUT2D eigenvalue weighted by atomic mass is 32.1. The molecule has 29 heavy (non-hydrogen) atoms. The molecule has 0 fully saturated rings. The number of pyridine rings is 1. The second-order valence-corrected chi connectivity index (χ2v) is 8.10. The van der Waals surface area contributed by atoms with Crippen LogP contribution in [0.5, 0.6) is 0 Å². The molecule has 0 saturated heterocycles. The van der Waals surface area contributed by atoms with Crippen LogP contribution in [0.1, 0.15) is 27.3 Å². The van der Waals surface area contributed by atoms with E-state index >= 15 is 0 Å². The first-order valence-corrected chi connectivity index (χ1v) is 10.1. The number of aromatic nitrogens is 2. The van der Waals surface area contributed by atoms with E-state index in [9.17, 15) is 9.18 Å². The van der Waals surface area contributed by atoms with Crippen molar-refractivity contribution in [2.24, 2.45) is 0 Å². The van der Waals surface area contributed by atoms with Crippen molar-refractivity contribution in [1.29, 1.82) is 0 Å². The number of hydrogen-bond donors (Lipinski definition) is 1. The van der Waals surface area contributed by atoms with Gasteiger partial charge in [-0.25, -0.2) is 9.37 Å². The summed E-state index contributed by atoms with van der Waals surface area (Å²) in [5, 5.41) is 4.49. The van der Waals surface area contributed by atoms with Gasteiger partial charge in [-0.1, -0.05) is 30.3 Å². The van der Waals surface area contributed by atoms with Gasteiger partial charge in [0.15, 0.2) is 5.13 Å². The third-order valence-electron chi connectivity index (χ3n) is 4.89. The summed E-state index contributed by atoms with van der Waals surface area (Å²) in [4.78, 5) is 22.5. The Balaban J connectivity index is 1.47. The van der Waals surface area contributed by atoms with Gasteiger partial charge in [-0.05, 0) is 48.7 Å². The van der Waals surface area contributed by atoms with Crippen LogP contribution in [0.3, 0.4) is 0 Å². The van der Waals surface area contributed by atoms with Gasteiger partial charge in [-0.2, -0.15) is 0 Å². The van der Waals surface area contributed by atoms with Crippen LogP contribution in [-0.4, -0.2) is 15.9 Å². The Bertz CT molecular complexity index is 1200. The Morgan fingerprint density at radius 2 is 1.97 bits per heavy atom. The minimum atomic E-state index is -0.254. The zero-order valence-corrected chi connectivity index (χ0v) is 17.0. The van der Waals surface area contributed by atoms with Gasteiger partial charge < -0.3 is 5.32 Å². The van der Waals surface area contributed by atoms with Crippen LogP contribution in [0.25, 0.3) is 10.9 Å². The molecule has 0 bridgehead atoms. The van der Waals surface area contributed by atoms with E-state index in [0.717, 1.165) is 38.2 Å². The molecule has 4 rings (SSSR count). The Morgan fingerprint density at radius 3 is 2.79 bits per heavy atom. The number of benzene rings is 2. The number of nitrogens with zero attached hydrogens (tertiary/aromatic N) is 2. The summed E-state index contributed by atoms with van der Waals surface area (Å²) in [7, 11) is 0. The van der Waals surface area contributed by atoms with Crippen LogP contribution in [0.2, 0.25) is 0 Å². The van der Waals surface area contributed by atoms with Gasteiger partial charge in [0.05, 0.1) is 11.9 Å². The molecule has 0 aliphatic carbocycles. The highest BCUT2D eigenvalue weighted by Crippen LogP contribution is 2.25. The first kappa shape index (κ1) is 19.2. The lowest BCUT2D eigenvalue weighted by Crippen LogP contribution is -2.16. The van der Waals surface area contributed by atoms with E-state index in [1.54, 1.807) is 12.3 Å². The lowest BCUT2D eigenvalue weighted by molar-refractivity contribution is -0.115. The molecule has 0 radical (unpaired) electrons. The Labute approximate surface area is 172 Å². The van der Waals surface area contributed by atoms with E-state index in [0.29, 0.717) is 11.6 Å². The Kier molecular flexibility index (Phi) is 5.36. The molecule has 0 saturated carbocycles. The number of halogens is 1. The van der Waals surface area contributed by atoms with E-state index in [4.69, 9.17) is 0 Å². The highest BCUT2D eigenvalue weighted by Gasteiger charge is 2.14. The maximum absolute atomic E-state index is 13.3. The van der Waals surface area contributed by atoms with Crippen LogP contribution in [0, 0.1) is 19.7 Å². The number of carbonyl (C=O) groups is 1. The fourth-order valence-electron chi connectivity index (χ4n) is 3.45. The lowest BCUT2D eigenvalue weighted by atomic mass is 9.99. The fourth-order valence-corrected chi connectivity index (χ4v) is 4.31. The van der Waals surface area contributed by atoms with E-state index < -0.39 is 0 Å². The summed E-state index contributed by atoms with van der Waals surface area (Å²) < 4.78 is 13.3. The number of aryl methyl sites for hydroxylation is 2. The van der Waals surface area contributed by atoms with Crippen LogP contribution in [-0.2, 0) is 17.6 Å². The second-order valence-electron chi connectivity index (χ2n) is 6.98. The zero-order chi connectivity index (χ0) is 20.4. The van der Waals surface area contributed by atoms with Gasteiger partial charge in [0.2, 0.25) is 5.91 Å². The third-order valence-corrected chi connectivity index (χ3v) is 5.80. The molecule has 0 spiro atoms. The Morgan fingerprint density at radius 1 is 1.14 bits per heavy atom.